The summed E-state index contributed by atoms with van der Waals surface area (Å²) in [5.41, 5.74) is 0.794. The molecule has 0 heterocycles. The summed E-state index contributed by atoms with van der Waals surface area (Å²) >= 11 is 0. The van der Waals surface area contributed by atoms with Crippen LogP contribution in [-0.2, 0) is 24.8 Å². The van der Waals surface area contributed by atoms with Gasteiger partial charge in [-0.25, -0.2) is 9.59 Å². The number of hydrogen-bond donors (Lipinski definition) is 1. The molecule has 1 rings (SSSR count). The molecule has 1 aromatic rings. The molecule has 0 atom stereocenters. The van der Waals surface area contributed by atoms with Crippen molar-refractivity contribution in [3.05, 3.63) is 54.1 Å². The molecular weight excluding hydrogens is 284 g/mol. The van der Waals surface area contributed by atoms with Crippen LogP contribution in [0, 0.1) is 0 Å². The molecule has 0 bridgehead atoms. The fourth-order valence-electron chi connectivity index (χ4n) is 1.68. The maximum absolute atomic E-state index is 11.9. The van der Waals surface area contributed by atoms with E-state index in [9.17, 15) is 14.7 Å². The standard InChI is InChI=1S/C17H20O5/c1-6-17(21-15(19)11(2)3,22-16(20)12(4)5)13-7-9-14(18)10-8-13/h7-10,18H,2,4,6H2,1,3,5H3. The summed E-state index contributed by atoms with van der Waals surface area (Å²) in [4.78, 5) is 23.8. The molecule has 0 amide bonds. The van der Waals surface area contributed by atoms with Gasteiger partial charge in [0.15, 0.2) is 0 Å². The summed E-state index contributed by atoms with van der Waals surface area (Å²) in [7, 11) is 0. The van der Waals surface area contributed by atoms with Crippen molar-refractivity contribution < 1.29 is 24.2 Å². The van der Waals surface area contributed by atoms with Gasteiger partial charge in [-0.3, -0.25) is 0 Å². The van der Waals surface area contributed by atoms with Crippen molar-refractivity contribution in [2.45, 2.75) is 33.0 Å². The number of phenols is 1. The molecule has 0 fully saturated rings. The first-order chi connectivity index (χ1) is 10.2. The van der Waals surface area contributed by atoms with Crippen molar-refractivity contribution >= 4 is 11.9 Å². The fraction of sp³-hybridized carbons (Fsp3) is 0.294. The first kappa shape index (κ1) is 17.5. The van der Waals surface area contributed by atoms with Crippen molar-refractivity contribution in [1.29, 1.82) is 0 Å². The van der Waals surface area contributed by atoms with Crippen LogP contribution in [0.5, 0.6) is 5.75 Å². The van der Waals surface area contributed by atoms with Crippen molar-refractivity contribution in [1.82, 2.24) is 0 Å². The highest BCUT2D eigenvalue weighted by Gasteiger charge is 2.39. The molecule has 5 nitrogen and oxygen atoms in total. The van der Waals surface area contributed by atoms with Crippen LogP contribution in [0.15, 0.2) is 48.6 Å². The Kier molecular flexibility index (Phi) is 5.51. The second-order valence-electron chi connectivity index (χ2n) is 4.99. The average Bonchev–Trinajstić information content (AvgIpc) is 2.46. The second-order valence-corrected chi connectivity index (χ2v) is 4.99. The molecule has 0 unspecified atom stereocenters. The Bertz CT molecular complexity index is 570. The van der Waals surface area contributed by atoms with Gasteiger partial charge >= 0.3 is 11.9 Å². The fourth-order valence-corrected chi connectivity index (χ4v) is 1.68. The van der Waals surface area contributed by atoms with E-state index < -0.39 is 17.7 Å². The van der Waals surface area contributed by atoms with Crippen LogP contribution >= 0.6 is 0 Å². The van der Waals surface area contributed by atoms with Crippen molar-refractivity contribution in [3.63, 3.8) is 0 Å². The molecule has 0 saturated heterocycles. The largest absolute Gasteiger partial charge is 0.508 e. The summed E-state index contributed by atoms with van der Waals surface area (Å²) in [5.74, 6) is -2.90. The Labute approximate surface area is 129 Å². The zero-order valence-electron chi connectivity index (χ0n) is 13.0. The number of rotatable bonds is 6. The SMILES string of the molecule is C=C(C)C(=O)OC(CC)(OC(=O)C(=C)C)c1ccc(O)cc1. The molecule has 0 spiro atoms. The van der Waals surface area contributed by atoms with Crippen LogP contribution in [0.4, 0.5) is 0 Å². The number of esters is 2. The van der Waals surface area contributed by atoms with Crippen molar-refractivity contribution in [2.24, 2.45) is 0 Å². The lowest BCUT2D eigenvalue weighted by molar-refractivity contribution is -0.230. The predicted molar refractivity (Wildman–Crippen MR) is 81.9 cm³/mol. The molecule has 5 heteroatoms. The summed E-state index contributed by atoms with van der Waals surface area (Å²) in [6, 6.07) is 5.89. The highest BCUT2D eigenvalue weighted by atomic mass is 16.7. The zero-order valence-corrected chi connectivity index (χ0v) is 13.0. The number of carbonyl (C=O) groups is 2. The Balaban J connectivity index is 3.29. The van der Waals surface area contributed by atoms with E-state index in [1.54, 1.807) is 6.92 Å². The lowest BCUT2D eigenvalue weighted by atomic mass is 10.0. The van der Waals surface area contributed by atoms with Crippen molar-refractivity contribution in [2.75, 3.05) is 0 Å². The third kappa shape index (κ3) is 3.97. The molecule has 0 aliphatic rings. The van der Waals surface area contributed by atoms with E-state index in [1.807, 2.05) is 0 Å². The first-order valence-corrected chi connectivity index (χ1v) is 6.79. The van der Waals surface area contributed by atoms with Crippen LogP contribution < -0.4 is 0 Å². The molecule has 118 valence electrons. The Morgan fingerprint density at radius 3 is 1.77 bits per heavy atom. The summed E-state index contributed by atoms with van der Waals surface area (Å²) < 4.78 is 10.8. The van der Waals surface area contributed by atoms with E-state index in [0.29, 0.717) is 5.56 Å². The minimum atomic E-state index is -1.60. The molecule has 0 aliphatic heterocycles. The van der Waals surface area contributed by atoms with Crippen LogP contribution in [0.1, 0.15) is 32.8 Å². The maximum Gasteiger partial charge on any atom is 0.336 e. The molecule has 1 N–H and O–H groups in total. The van der Waals surface area contributed by atoms with Crippen LogP contribution in [0.25, 0.3) is 0 Å². The monoisotopic (exact) mass is 304 g/mol. The lowest BCUT2D eigenvalue weighted by Gasteiger charge is -2.32. The predicted octanol–water partition coefficient (Wildman–Crippen LogP) is 3.19. The highest BCUT2D eigenvalue weighted by molar-refractivity contribution is 5.89. The first-order valence-electron chi connectivity index (χ1n) is 6.79. The van der Waals surface area contributed by atoms with E-state index >= 15 is 0 Å². The van der Waals surface area contributed by atoms with Crippen LogP contribution in [0.2, 0.25) is 0 Å². The molecular formula is C17H20O5. The third-order valence-electron chi connectivity index (χ3n) is 2.98. The average molecular weight is 304 g/mol. The normalized spacial score (nSPS) is 10.7. The van der Waals surface area contributed by atoms with Gasteiger partial charge in [-0.2, -0.15) is 0 Å². The maximum atomic E-state index is 11.9. The van der Waals surface area contributed by atoms with Gasteiger partial charge in [0.05, 0.1) is 0 Å². The van der Waals surface area contributed by atoms with Crippen LogP contribution in [0.3, 0.4) is 0 Å². The van der Waals surface area contributed by atoms with Gasteiger partial charge < -0.3 is 14.6 Å². The highest BCUT2D eigenvalue weighted by Crippen LogP contribution is 2.33. The van der Waals surface area contributed by atoms with E-state index in [1.165, 1.54) is 38.1 Å². The number of phenolic OH excluding ortho intramolecular Hbond substituents is 1. The quantitative estimate of drug-likeness (QED) is 0.496. The third-order valence-corrected chi connectivity index (χ3v) is 2.98. The summed E-state index contributed by atoms with van der Waals surface area (Å²) in [6.45, 7) is 11.8. The molecule has 0 aromatic heterocycles. The molecule has 0 aliphatic carbocycles. The molecule has 0 radical (unpaired) electrons. The summed E-state index contributed by atoms with van der Waals surface area (Å²) in [5, 5.41) is 9.39. The lowest BCUT2D eigenvalue weighted by Crippen LogP contribution is -2.37. The van der Waals surface area contributed by atoms with Gasteiger partial charge in [0.25, 0.3) is 5.79 Å². The van der Waals surface area contributed by atoms with E-state index in [0.717, 1.165) is 0 Å². The smallest absolute Gasteiger partial charge is 0.336 e. The van der Waals surface area contributed by atoms with Gasteiger partial charge in [0, 0.05) is 23.1 Å². The second kappa shape index (κ2) is 6.93. The van der Waals surface area contributed by atoms with Gasteiger partial charge in [-0.05, 0) is 38.1 Å². The van der Waals surface area contributed by atoms with Crippen LogP contribution in [-0.4, -0.2) is 17.0 Å². The van der Waals surface area contributed by atoms with Gasteiger partial charge in [-0.15, -0.1) is 0 Å². The minimum Gasteiger partial charge on any atom is -0.508 e. The Morgan fingerprint density at radius 1 is 1.05 bits per heavy atom. The Hall–Kier alpha value is -2.56. The van der Waals surface area contributed by atoms with Gasteiger partial charge in [-0.1, -0.05) is 20.1 Å². The minimum absolute atomic E-state index is 0.0474. The van der Waals surface area contributed by atoms with E-state index in [2.05, 4.69) is 13.2 Å². The number of benzene rings is 1. The Morgan fingerprint density at radius 2 is 1.45 bits per heavy atom. The molecule has 1 aromatic carbocycles. The van der Waals surface area contributed by atoms with Gasteiger partial charge in [0.1, 0.15) is 5.75 Å². The number of hydrogen-bond acceptors (Lipinski definition) is 5. The number of carbonyl (C=O) groups excluding carboxylic acids is 2. The molecule has 0 saturated carbocycles. The number of aromatic hydroxyl groups is 1. The summed E-state index contributed by atoms with van der Waals surface area (Å²) in [6.07, 6.45) is 0.190. The van der Waals surface area contributed by atoms with E-state index in [4.69, 9.17) is 9.47 Å². The van der Waals surface area contributed by atoms with E-state index in [-0.39, 0.29) is 23.3 Å². The van der Waals surface area contributed by atoms with Crippen molar-refractivity contribution in [3.8, 4) is 5.75 Å². The van der Waals surface area contributed by atoms with Gasteiger partial charge in [0.2, 0.25) is 0 Å². The molecule has 22 heavy (non-hydrogen) atoms. The number of ether oxygens (including phenoxy) is 2. The zero-order chi connectivity index (χ0) is 16.9. The topological polar surface area (TPSA) is 72.8 Å².